The molecule has 5 atom stereocenters. The van der Waals surface area contributed by atoms with Crippen LogP contribution in [-0.2, 0) is 14.0 Å². The lowest BCUT2D eigenvalue weighted by molar-refractivity contribution is -0.136. The summed E-state index contributed by atoms with van der Waals surface area (Å²) in [7, 11) is -2.69. The molecule has 1 heterocycles. The quantitative estimate of drug-likeness (QED) is 0.197. The molecular weight excluding hydrogens is 554 g/mol. The molecule has 0 bridgehead atoms. The number of rotatable bonds is 12. The third kappa shape index (κ3) is 6.85. The number of nitrogens with zero attached hydrogens (tertiary/aromatic N) is 1. The summed E-state index contributed by atoms with van der Waals surface area (Å²) >= 11 is 0. The summed E-state index contributed by atoms with van der Waals surface area (Å²) in [5, 5.41) is 13.5. The van der Waals surface area contributed by atoms with Crippen LogP contribution in [0.15, 0.2) is 104 Å². The molecule has 0 aromatic heterocycles. The van der Waals surface area contributed by atoms with Gasteiger partial charge in [-0.3, -0.25) is 4.79 Å². The highest BCUT2D eigenvalue weighted by molar-refractivity contribution is 6.99. The number of cyclic esters (lactones) is 1. The van der Waals surface area contributed by atoms with Gasteiger partial charge in [0.2, 0.25) is 5.91 Å². The molecule has 0 radical (unpaired) electrons. The van der Waals surface area contributed by atoms with E-state index >= 15 is 0 Å². The normalized spacial score (nSPS) is 19.4. The van der Waals surface area contributed by atoms with E-state index in [4.69, 9.17) is 9.16 Å². The van der Waals surface area contributed by atoms with Crippen molar-refractivity contribution < 1.29 is 23.9 Å². The summed E-state index contributed by atoms with van der Waals surface area (Å²) in [6.07, 6.45) is 0.627. The van der Waals surface area contributed by atoms with Gasteiger partial charge < -0.3 is 14.3 Å². The van der Waals surface area contributed by atoms with Crippen LogP contribution in [0.1, 0.15) is 59.1 Å². The molecule has 0 spiro atoms. The van der Waals surface area contributed by atoms with Crippen LogP contribution in [0, 0.1) is 11.8 Å². The summed E-state index contributed by atoms with van der Waals surface area (Å²) in [5.41, 5.74) is 0.833. The van der Waals surface area contributed by atoms with E-state index in [1.54, 1.807) is 13.8 Å². The second kappa shape index (κ2) is 13.8. The standard InChI is InChI=1S/C36H45NO5Si/c1-7-28(23-24-41-43(36(4,5)6,30-19-13-9-14-20-30)31-21-15-10-16-22-31)25-32(38)26(2)34(39)37-27(3)33(42-35(37)40)29-17-11-8-12-18-29/h7-22,26-28,32-33,38H,1,23-25H2,2-6H3/t26-,27-,28+,32+,33-/m0/s1. The van der Waals surface area contributed by atoms with Crippen molar-refractivity contribution in [3.63, 3.8) is 0 Å². The van der Waals surface area contributed by atoms with Gasteiger partial charge in [0.1, 0.15) is 6.10 Å². The summed E-state index contributed by atoms with van der Waals surface area (Å²) in [6, 6.07) is 29.9. The monoisotopic (exact) mass is 599 g/mol. The van der Waals surface area contributed by atoms with Crippen LogP contribution >= 0.6 is 0 Å². The molecule has 1 aliphatic rings. The van der Waals surface area contributed by atoms with Crippen molar-refractivity contribution in [2.75, 3.05) is 6.61 Å². The number of aliphatic hydroxyl groups excluding tert-OH is 1. The van der Waals surface area contributed by atoms with E-state index in [0.29, 0.717) is 19.4 Å². The molecule has 6 nitrogen and oxygen atoms in total. The lowest BCUT2D eigenvalue weighted by Crippen LogP contribution is -2.66. The van der Waals surface area contributed by atoms with Crippen LogP contribution in [0.2, 0.25) is 5.04 Å². The van der Waals surface area contributed by atoms with Crippen LogP contribution in [0.5, 0.6) is 0 Å². The lowest BCUT2D eigenvalue weighted by Gasteiger charge is -2.43. The third-order valence-electron chi connectivity index (χ3n) is 8.70. The number of hydrogen-bond acceptors (Lipinski definition) is 5. The van der Waals surface area contributed by atoms with Crippen LogP contribution < -0.4 is 10.4 Å². The first-order valence-electron chi connectivity index (χ1n) is 15.2. The molecule has 0 aliphatic carbocycles. The van der Waals surface area contributed by atoms with E-state index in [2.05, 4.69) is 75.9 Å². The number of imide groups is 1. The Bertz CT molecular complexity index is 1320. The van der Waals surface area contributed by atoms with E-state index in [-0.39, 0.29) is 11.0 Å². The number of amides is 2. The maximum absolute atomic E-state index is 13.4. The molecule has 3 aromatic carbocycles. The average molecular weight is 600 g/mol. The smallest absolute Gasteiger partial charge is 0.417 e. The molecule has 0 unspecified atom stereocenters. The van der Waals surface area contributed by atoms with Crippen molar-refractivity contribution in [1.82, 2.24) is 4.90 Å². The summed E-state index contributed by atoms with van der Waals surface area (Å²) in [6.45, 7) is 14.7. The molecule has 7 heteroatoms. The number of hydrogen-bond donors (Lipinski definition) is 1. The highest BCUT2D eigenvalue weighted by Gasteiger charge is 2.50. The van der Waals surface area contributed by atoms with Crippen LogP contribution in [-0.4, -0.2) is 49.1 Å². The highest BCUT2D eigenvalue weighted by Crippen LogP contribution is 2.37. The SMILES string of the molecule is C=C[C@H](CCO[Si](c1ccccc1)(c1ccccc1)C(C)(C)C)C[C@@H](O)[C@H](C)C(=O)N1C(=O)O[C@H](c2ccccc2)[C@@H]1C. The van der Waals surface area contributed by atoms with Crippen molar-refractivity contribution >= 4 is 30.7 Å². The zero-order chi connectivity index (χ0) is 31.2. The Morgan fingerprint density at radius 2 is 1.51 bits per heavy atom. The Hall–Kier alpha value is -3.52. The number of carbonyl (C=O) groups excluding carboxylic acids is 2. The largest absolute Gasteiger partial charge is 0.439 e. The maximum Gasteiger partial charge on any atom is 0.417 e. The highest BCUT2D eigenvalue weighted by atomic mass is 28.4. The summed E-state index contributed by atoms with van der Waals surface area (Å²) < 4.78 is 12.6. The zero-order valence-electron chi connectivity index (χ0n) is 26.0. The average Bonchev–Trinajstić information content (AvgIpc) is 3.31. The van der Waals surface area contributed by atoms with Crippen LogP contribution in [0.3, 0.4) is 0 Å². The number of ether oxygens (including phenoxy) is 1. The maximum atomic E-state index is 13.4. The predicted octanol–water partition coefficient (Wildman–Crippen LogP) is 6.25. The van der Waals surface area contributed by atoms with Crippen molar-refractivity contribution in [3.8, 4) is 0 Å². The Morgan fingerprint density at radius 1 is 1.00 bits per heavy atom. The van der Waals surface area contributed by atoms with E-state index in [9.17, 15) is 14.7 Å². The minimum atomic E-state index is -2.69. The molecule has 4 rings (SSSR count). The zero-order valence-corrected chi connectivity index (χ0v) is 27.0. The molecule has 1 N–H and O–H groups in total. The minimum absolute atomic E-state index is 0.0801. The van der Waals surface area contributed by atoms with Crippen molar-refractivity contribution in [2.45, 2.75) is 70.7 Å². The van der Waals surface area contributed by atoms with Gasteiger partial charge in [0.05, 0.1) is 18.1 Å². The first kappa shape index (κ1) is 32.4. The Balaban J connectivity index is 1.44. The molecule has 1 fully saturated rings. The van der Waals surface area contributed by atoms with Crippen LogP contribution in [0.25, 0.3) is 0 Å². The second-order valence-electron chi connectivity index (χ2n) is 12.6. The fraction of sp³-hybridized carbons (Fsp3) is 0.389. The molecule has 0 saturated carbocycles. The molecule has 43 heavy (non-hydrogen) atoms. The van der Waals surface area contributed by atoms with Gasteiger partial charge in [0.25, 0.3) is 8.32 Å². The third-order valence-corrected chi connectivity index (χ3v) is 13.7. The minimum Gasteiger partial charge on any atom is -0.439 e. The van der Waals surface area contributed by atoms with Crippen LogP contribution in [0.4, 0.5) is 4.79 Å². The molecule has 1 aliphatic heterocycles. The fourth-order valence-corrected chi connectivity index (χ4v) is 10.8. The number of carbonyl (C=O) groups is 2. The number of benzene rings is 3. The van der Waals surface area contributed by atoms with Crippen molar-refractivity contribution in [3.05, 3.63) is 109 Å². The van der Waals surface area contributed by atoms with Crippen molar-refractivity contribution in [2.24, 2.45) is 11.8 Å². The van der Waals surface area contributed by atoms with Gasteiger partial charge in [-0.05, 0) is 46.7 Å². The Labute approximate surface area is 257 Å². The topological polar surface area (TPSA) is 76.1 Å². The van der Waals surface area contributed by atoms with Gasteiger partial charge in [-0.1, -0.05) is 125 Å². The van der Waals surface area contributed by atoms with Gasteiger partial charge in [0.15, 0.2) is 0 Å². The van der Waals surface area contributed by atoms with Gasteiger partial charge >= 0.3 is 6.09 Å². The Morgan fingerprint density at radius 3 is 2.00 bits per heavy atom. The first-order valence-corrected chi connectivity index (χ1v) is 17.1. The molecule has 1 saturated heterocycles. The molecule has 2 amide bonds. The van der Waals surface area contributed by atoms with Gasteiger partial charge in [0, 0.05) is 6.61 Å². The first-order chi connectivity index (χ1) is 20.5. The summed E-state index contributed by atoms with van der Waals surface area (Å²) in [5.74, 6) is -1.30. The molecule has 3 aromatic rings. The number of aliphatic hydroxyl groups is 1. The molecule has 228 valence electrons. The predicted molar refractivity (Wildman–Crippen MR) is 174 cm³/mol. The Kier molecular flexibility index (Phi) is 10.4. The van der Waals surface area contributed by atoms with E-state index < -0.39 is 44.5 Å². The van der Waals surface area contributed by atoms with E-state index in [1.807, 2.05) is 48.5 Å². The fourth-order valence-electron chi connectivity index (χ4n) is 6.20. The molecular formula is C36H45NO5Si. The van der Waals surface area contributed by atoms with Gasteiger partial charge in [-0.15, -0.1) is 6.58 Å². The number of allylic oxidation sites excluding steroid dienone is 1. The second-order valence-corrected chi connectivity index (χ2v) is 16.9. The van der Waals surface area contributed by atoms with Gasteiger partial charge in [-0.25, -0.2) is 9.69 Å². The van der Waals surface area contributed by atoms with Crippen molar-refractivity contribution in [1.29, 1.82) is 0 Å². The van der Waals surface area contributed by atoms with E-state index in [1.165, 1.54) is 10.4 Å². The summed E-state index contributed by atoms with van der Waals surface area (Å²) in [4.78, 5) is 27.3. The van der Waals surface area contributed by atoms with E-state index in [0.717, 1.165) is 10.5 Å². The lowest BCUT2D eigenvalue weighted by atomic mass is 9.91. The van der Waals surface area contributed by atoms with Gasteiger partial charge in [-0.2, -0.15) is 0 Å².